The zero-order chi connectivity index (χ0) is 21.3. The van der Waals surface area contributed by atoms with E-state index in [0.29, 0.717) is 52.2 Å². The summed E-state index contributed by atoms with van der Waals surface area (Å²) in [6, 6.07) is 16.0. The van der Waals surface area contributed by atoms with Crippen LogP contribution in [0, 0.1) is 0 Å². The van der Waals surface area contributed by atoms with E-state index in [0.717, 1.165) is 22.4 Å². The Kier molecular flexibility index (Phi) is 7.71. The third-order valence-electron chi connectivity index (χ3n) is 5.30. The van der Waals surface area contributed by atoms with Crippen molar-refractivity contribution in [3.05, 3.63) is 65.2 Å². The van der Waals surface area contributed by atoms with E-state index in [4.69, 9.17) is 4.74 Å². The fourth-order valence-corrected chi connectivity index (χ4v) is 3.63. The number of ether oxygens (including phenoxy) is 1. The number of amides is 3. The maximum Gasteiger partial charge on any atom is 0.317 e. The Hall–Kier alpha value is -3.02. The van der Waals surface area contributed by atoms with Gasteiger partial charge in [-0.1, -0.05) is 42.5 Å². The highest BCUT2D eigenvalue weighted by molar-refractivity contribution is 5.76. The van der Waals surface area contributed by atoms with Gasteiger partial charge in [-0.2, -0.15) is 0 Å². The average Bonchev–Trinajstić information content (AvgIpc) is 2.98. The molecule has 0 bridgehead atoms. The summed E-state index contributed by atoms with van der Waals surface area (Å²) in [4.78, 5) is 28.6. The van der Waals surface area contributed by atoms with Crippen molar-refractivity contribution in [1.82, 2.24) is 15.1 Å². The summed E-state index contributed by atoms with van der Waals surface area (Å²) in [5.74, 6) is 0.965. The number of fused-ring (bicyclic) bond motifs is 1. The SMILES string of the molecule is CCNC(=O)N1CCOc2ccc(CCC(=O)N(CC)Cc3ccccc3)cc2C1. The lowest BCUT2D eigenvalue weighted by Gasteiger charge is -2.21. The molecule has 1 aliphatic rings. The summed E-state index contributed by atoms with van der Waals surface area (Å²) in [7, 11) is 0. The molecule has 6 nitrogen and oxygen atoms in total. The molecule has 2 aromatic carbocycles. The summed E-state index contributed by atoms with van der Waals surface area (Å²) in [6.07, 6.45) is 1.12. The number of hydrogen-bond acceptors (Lipinski definition) is 3. The second-order valence-electron chi connectivity index (χ2n) is 7.44. The van der Waals surface area contributed by atoms with Gasteiger partial charge in [0.25, 0.3) is 0 Å². The number of carbonyl (C=O) groups excluding carboxylic acids is 2. The number of aryl methyl sites for hydroxylation is 1. The van der Waals surface area contributed by atoms with Gasteiger partial charge in [0.1, 0.15) is 12.4 Å². The maximum atomic E-state index is 12.7. The predicted octanol–water partition coefficient (Wildman–Crippen LogP) is 3.59. The number of benzene rings is 2. The molecule has 30 heavy (non-hydrogen) atoms. The van der Waals surface area contributed by atoms with E-state index >= 15 is 0 Å². The fourth-order valence-electron chi connectivity index (χ4n) is 3.63. The van der Waals surface area contributed by atoms with Crippen LogP contribution in [0.3, 0.4) is 0 Å². The zero-order valence-corrected chi connectivity index (χ0v) is 17.9. The molecular weight excluding hydrogens is 378 g/mol. The molecule has 0 spiro atoms. The van der Waals surface area contributed by atoms with E-state index in [-0.39, 0.29) is 11.9 Å². The summed E-state index contributed by atoms with van der Waals surface area (Å²) >= 11 is 0. The summed E-state index contributed by atoms with van der Waals surface area (Å²) in [6.45, 7) is 7.39. The normalized spacial score (nSPS) is 13.1. The van der Waals surface area contributed by atoms with Gasteiger partial charge in [0, 0.05) is 31.6 Å². The van der Waals surface area contributed by atoms with Crippen LogP contribution in [-0.4, -0.2) is 48.0 Å². The van der Waals surface area contributed by atoms with E-state index in [9.17, 15) is 9.59 Å². The van der Waals surface area contributed by atoms with Gasteiger partial charge < -0.3 is 19.9 Å². The van der Waals surface area contributed by atoms with E-state index < -0.39 is 0 Å². The first kappa shape index (κ1) is 21.7. The minimum Gasteiger partial charge on any atom is -0.491 e. The molecule has 3 rings (SSSR count). The van der Waals surface area contributed by atoms with Crippen LogP contribution in [0.25, 0.3) is 0 Å². The Morgan fingerprint density at radius 3 is 2.63 bits per heavy atom. The Bertz CT molecular complexity index is 854. The van der Waals surface area contributed by atoms with Gasteiger partial charge in [0.05, 0.1) is 13.1 Å². The van der Waals surface area contributed by atoms with Gasteiger partial charge >= 0.3 is 6.03 Å². The minimum absolute atomic E-state index is 0.0750. The molecule has 0 radical (unpaired) electrons. The van der Waals surface area contributed by atoms with Crippen LogP contribution < -0.4 is 10.1 Å². The molecule has 0 aromatic heterocycles. The molecular formula is C24H31N3O3. The number of rotatable bonds is 7. The Balaban J connectivity index is 1.62. The molecule has 1 N–H and O–H groups in total. The Morgan fingerprint density at radius 2 is 1.90 bits per heavy atom. The molecule has 6 heteroatoms. The van der Waals surface area contributed by atoms with Crippen molar-refractivity contribution in [2.24, 2.45) is 0 Å². The molecule has 3 amide bonds. The molecule has 0 aliphatic carbocycles. The van der Waals surface area contributed by atoms with Crippen LogP contribution >= 0.6 is 0 Å². The Labute approximate surface area is 178 Å². The molecule has 160 valence electrons. The van der Waals surface area contributed by atoms with E-state index in [1.165, 1.54) is 0 Å². The second kappa shape index (κ2) is 10.7. The zero-order valence-electron chi connectivity index (χ0n) is 17.9. The standard InChI is InChI=1S/C24H31N3O3/c1-3-25-24(29)27-14-15-30-22-12-10-19(16-21(22)18-27)11-13-23(28)26(4-2)17-20-8-6-5-7-9-20/h5-10,12,16H,3-4,11,13-15,17-18H2,1-2H3,(H,25,29). The topological polar surface area (TPSA) is 61.9 Å². The van der Waals surface area contributed by atoms with Crippen LogP contribution in [0.15, 0.2) is 48.5 Å². The third-order valence-corrected chi connectivity index (χ3v) is 5.30. The molecule has 0 unspecified atom stereocenters. The molecule has 1 heterocycles. The summed E-state index contributed by atoms with van der Waals surface area (Å²) < 4.78 is 5.81. The van der Waals surface area contributed by atoms with Crippen molar-refractivity contribution >= 4 is 11.9 Å². The molecule has 0 fully saturated rings. The fraction of sp³-hybridized carbons (Fsp3) is 0.417. The van der Waals surface area contributed by atoms with Crippen molar-refractivity contribution in [2.75, 3.05) is 26.2 Å². The van der Waals surface area contributed by atoms with E-state index in [1.807, 2.05) is 61.2 Å². The van der Waals surface area contributed by atoms with Gasteiger partial charge in [0.15, 0.2) is 0 Å². The number of nitrogens with zero attached hydrogens (tertiary/aromatic N) is 2. The number of urea groups is 1. The first-order valence-electron chi connectivity index (χ1n) is 10.7. The van der Waals surface area contributed by atoms with Crippen molar-refractivity contribution in [3.8, 4) is 5.75 Å². The number of hydrogen-bond donors (Lipinski definition) is 1. The van der Waals surface area contributed by atoms with Gasteiger partial charge in [-0.25, -0.2) is 4.79 Å². The van der Waals surface area contributed by atoms with Crippen molar-refractivity contribution in [3.63, 3.8) is 0 Å². The Morgan fingerprint density at radius 1 is 1.10 bits per heavy atom. The van der Waals surface area contributed by atoms with Gasteiger partial charge in [-0.05, 0) is 37.5 Å². The second-order valence-corrected chi connectivity index (χ2v) is 7.44. The maximum absolute atomic E-state index is 12.7. The molecule has 0 saturated heterocycles. The predicted molar refractivity (Wildman–Crippen MR) is 117 cm³/mol. The smallest absolute Gasteiger partial charge is 0.317 e. The van der Waals surface area contributed by atoms with Gasteiger partial charge in [-0.3, -0.25) is 4.79 Å². The van der Waals surface area contributed by atoms with E-state index in [2.05, 4.69) is 11.4 Å². The first-order chi connectivity index (χ1) is 14.6. The van der Waals surface area contributed by atoms with Crippen molar-refractivity contribution in [1.29, 1.82) is 0 Å². The summed E-state index contributed by atoms with van der Waals surface area (Å²) in [5, 5.41) is 2.85. The number of carbonyl (C=O) groups is 2. The molecule has 1 aliphatic heterocycles. The molecule has 2 aromatic rings. The van der Waals surface area contributed by atoms with Crippen LogP contribution in [0.2, 0.25) is 0 Å². The van der Waals surface area contributed by atoms with Crippen LogP contribution in [0.4, 0.5) is 4.79 Å². The minimum atomic E-state index is -0.0750. The highest BCUT2D eigenvalue weighted by atomic mass is 16.5. The quantitative estimate of drug-likeness (QED) is 0.760. The summed E-state index contributed by atoms with van der Waals surface area (Å²) in [5.41, 5.74) is 3.21. The third kappa shape index (κ3) is 5.75. The lowest BCUT2D eigenvalue weighted by Crippen LogP contribution is -2.40. The van der Waals surface area contributed by atoms with Crippen LogP contribution in [0.1, 0.15) is 37.0 Å². The molecule has 0 saturated carbocycles. The van der Waals surface area contributed by atoms with Crippen LogP contribution in [-0.2, 0) is 24.3 Å². The first-order valence-corrected chi connectivity index (χ1v) is 10.7. The number of nitrogens with one attached hydrogen (secondary N) is 1. The lowest BCUT2D eigenvalue weighted by atomic mass is 10.0. The molecule has 0 atom stereocenters. The monoisotopic (exact) mass is 409 g/mol. The van der Waals surface area contributed by atoms with Crippen molar-refractivity contribution < 1.29 is 14.3 Å². The van der Waals surface area contributed by atoms with Gasteiger partial charge in [-0.15, -0.1) is 0 Å². The van der Waals surface area contributed by atoms with E-state index in [1.54, 1.807) is 4.90 Å². The largest absolute Gasteiger partial charge is 0.491 e. The highest BCUT2D eigenvalue weighted by Crippen LogP contribution is 2.25. The van der Waals surface area contributed by atoms with Crippen LogP contribution in [0.5, 0.6) is 5.75 Å². The van der Waals surface area contributed by atoms with Crippen molar-refractivity contribution in [2.45, 2.75) is 39.8 Å². The van der Waals surface area contributed by atoms with Gasteiger partial charge in [0.2, 0.25) is 5.91 Å². The average molecular weight is 410 g/mol. The highest BCUT2D eigenvalue weighted by Gasteiger charge is 2.20. The lowest BCUT2D eigenvalue weighted by molar-refractivity contribution is -0.131.